The smallest absolute Gasteiger partial charge is 0.190 e. The van der Waals surface area contributed by atoms with Crippen LogP contribution in [0.4, 0.5) is 0 Å². The highest BCUT2D eigenvalue weighted by atomic mass is 16.3. The number of hydrogen-bond acceptors (Lipinski definition) is 3. The highest BCUT2D eigenvalue weighted by molar-refractivity contribution is 6.12. The molecule has 0 aromatic heterocycles. The third kappa shape index (κ3) is 2.30. The third-order valence-electron chi connectivity index (χ3n) is 3.98. The zero-order valence-electron chi connectivity index (χ0n) is 12.1. The molecule has 3 aromatic carbocycles. The number of ketones is 1. The maximum atomic E-state index is 13.0. The zero-order chi connectivity index (χ0) is 15.6. The number of Topliss-reactive ketones (excluding diaryl/α,β-unsaturated/α-hetero) is 1. The lowest BCUT2D eigenvalue weighted by atomic mass is 9.83. The molecular weight excluding hydrogens is 274 g/mol. The van der Waals surface area contributed by atoms with Gasteiger partial charge in [0.2, 0.25) is 0 Å². The molecule has 0 aliphatic heterocycles. The first-order valence-corrected chi connectivity index (χ1v) is 7.14. The van der Waals surface area contributed by atoms with Crippen molar-refractivity contribution in [2.45, 2.75) is 5.54 Å². The van der Waals surface area contributed by atoms with Crippen LogP contribution in [0.5, 0.6) is 0 Å². The predicted molar refractivity (Wildman–Crippen MR) is 87.7 cm³/mol. The summed E-state index contributed by atoms with van der Waals surface area (Å²) < 4.78 is 0. The number of rotatable bonds is 4. The second-order valence-corrected chi connectivity index (χ2v) is 5.35. The molecule has 3 rings (SSSR count). The predicted octanol–water partition coefficient (Wildman–Crippen LogP) is 2.87. The number of carbonyl (C=O) groups is 1. The molecule has 3 nitrogen and oxygen atoms in total. The minimum Gasteiger partial charge on any atom is -0.394 e. The van der Waals surface area contributed by atoms with Crippen molar-refractivity contribution in [1.82, 2.24) is 0 Å². The molecule has 1 unspecified atom stereocenters. The molecule has 0 saturated heterocycles. The molecule has 0 saturated carbocycles. The summed E-state index contributed by atoms with van der Waals surface area (Å²) in [6.45, 7) is -0.445. The number of aliphatic hydroxyl groups is 1. The van der Waals surface area contributed by atoms with Gasteiger partial charge >= 0.3 is 0 Å². The monoisotopic (exact) mass is 291 g/mol. The van der Waals surface area contributed by atoms with Gasteiger partial charge in [0.05, 0.1) is 6.61 Å². The Hall–Kier alpha value is -2.49. The van der Waals surface area contributed by atoms with Gasteiger partial charge in [-0.2, -0.15) is 0 Å². The van der Waals surface area contributed by atoms with E-state index in [1.54, 1.807) is 18.2 Å². The van der Waals surface area contributed by atoms with Gasteiger partial charge in [-0.15, -0.1) is 0 Å². The molecule has 0 radical (unpaired) electrons. The van der Waals surface area contributed by atoms with Gasteiger partial charge in [-0.25, -0.2) is 0 Å². The number of carbonyl (C=O) groups excluding carboxylic acids is 1. The SMILES string of the molecule is NC(CO)(C(=O)c1cccc2ccccc12)c1ccccc1. The van der Waals surface area contributed by atoms with Crippen LogP contribution in [0.25, 0.3) is 10.8 Å². The number of fused-ring (bicyclic) bond motifs is 1. The van der Waals surface area contributed by atoms with E-state index in [0.717, 1.165) is 10.8 Å². The van der Waals surface area contributed by atoms with E-state index in [2.05, 4.69) is 0 Å². The lowest BCUT2D eigenvalue weighted by Gasteiger charge is -2.26. The summed E-state index contributed by atoms with van der Waals surface area (Å²) in [6.07, 6.45) is 0. The van der Waals surface area contributed by atoms with E-state index in [1.165, 1.54) is 0 Å². The molecule has 1 atom stereocenters. The Bertz CT molecular complexity index is 809. The summed E-state index contributed by atoms with van der Waals surface area (Å²) in [5.41, 5.74) is 5.98. The summed E-state index contributed by atoms with van der Waals surface area (Å²) >= 11 is 0. The average Bonchev–Trinajstić information content (AvgIpc) is 2.60. The van der Waals surface area contributed by atoms with Crippen molar-refractivity contribution >= 4 is 16.6 Å². The Morgan fingerprint density at radius 3 is 2.27 bits per heavy atom. The summed E-state index contributed by atoms with van der Waals surface area (Å²) in [7, 11) is 0. The molecular formula is C19H17NO2. The van der Waals surface area contributed by atoms with Crippen LogP contribution in [0.1, 0.15) is 15.9 Å². The van der Waals surface area contributed by atoms with Gasteiger partial charge in [-0.05, 0) is 16.3 Å². The third-order valence-corrected chi connectivity index (χ3v) is 3.98. The minimum atomic E-state index is -1.44. The van der Waals surface area contributed by atoms with E-state index in [9.17, 15) is 9.90 Å². The Labute approximate surface area is 129 Å². The maximum Gasteiger partial charge on any atom is 0.190 e. The van der Waals surface area contributed by atoms with E-state index in [1.807, 2.05) is 54.6 Å². The average molecular weight is 291 g/mol. The fraction of sp³-hybridized carbons (Fsp3) is 0.105. The van der Waals surface area contributed by atoms with Crippen LogP contribution in [0.2, 0.25) is 0 Å². The van der Waals surface area contributed by atoms with Crippen molar-refractivity contribution in [1.29, 1.82) is 0 Å². The molecule has 110 valence electrons. The van der Waals surface area contributed by atoms with E-state index >= 15 is 0 Å². The largest absolute Gasteiger partial charge is 0.394 e. The summed E-state index contributed by atoms with van der Waals surface area (Å²) in [5.74, 6) is -0.280. The maximum absolute atomic E-state index is 13.0. The summed E-state index contributed by atoms with van der Waals surface area (Å²) in [5, 5.41) is 11.6. The first-order chi connectivity index (χ1) is 10.7. The van der Waals surface area contributed by atoms with Crippen molar-refractivity contribution in [3.63, 3.8) is 0 Å². The molecule has 0 heterocycles. The summed E-state index contributed by atoms with van der Waals surface area (Å²) in [6, 6.07) is 22.2. The van der Waals surface area contributed by atoms with Crippen LogP contribution in [-0.2, 0) is 5.54 Å². The van der Waals surface area contributed by atoms with Gasteiger partial charge in [-0.1, -0.05) is 72.8 Å². The van der Waals surface area contributed by atoms with Gasteiger partial charge in [0.15, 0.2) is 5.78 Å². The van der Waals surface area contributed by atoms with Gasteiger partial charge in [0, 0.05) is 5.56 Å². The minimum absolute atomic E-state index is 0.280. The van der Waals surface area contributed by atoms with Gasteiger partial charge in [-0.3, -0.25) is 4.79 Å². The molecule has 0 bridgehead atoms. The fourth-order valence-corrected chi connectivity index (χ4v) is 2.69. The standard InChI is InChI=1S/C19H17NO2/c20-19(13-21,15-9-2-1-3-10-15)18(22)17-12-6-8-14-7-4-5-11-16(14)17/h1-12,21H,13,20H2. The molecule has 3 aromatic rings. The van der Waals surface area contributed by atoms with E-state index in [0.29, 0.717) is 11.1 Å². The fourth-order valence-electron chi connectivity index (χ4n) is 2.69. The molecule has 22 heavy (non-hydrogen) atoms. The van der Waals surface area contributed by atoms with Crippen molar-refractivity contribution in [3.8, 4) is 0 Å². The number of nitrogens with two attached hydrogens (primary N) is 1. The molecule has 0 spiro atoms. The molecule has 0 aliphatic carbocycles. The quantitative estimate of drug-likeness (QED) is 0.727. The van der Waals surface area contributed by atoms with E-state index in [4.69, 9.17) is 5.73 Å². The van der Waals surface area contributed by atoms with Crippen LogP contribution in [0, 0.1) is 0 Å². The molecule has 3 heteroatoms. The van der Waals surface area contributed by atoms with Crippen LogP contribution in [0.15, 0.2) is 72.8 Å². The van der Waals surface area contributed by atoms with E-state index in [-0.39, 0.29) is 5.78 Å². The molecule has 0 fully saturated rings. The Kier molecular flexibility index (Phi) is 3.75. The van der Waals surface area contributed by atoms with Gasteiger partial charge in [0.25, 0.3) is 0 Å². The molecule has 0 aliphatic rings. The zero-order valence-corrected chi connectivity index (χ0v) is 12.1. The highest BCUT2D eigenvalue weighted by Gasteiger charge is 2.36. The van der Waals surface area contributed by atoms with Gasteiger partial charge < -0.3 is 10.8 Å². The van der Waals surface area contributed by atoms with Crippen LogP contribution in [-0.4, -0.2) is 17.5 Å². The van der Waals surface area contributed by atoms with Crippen molar-refractivity contribution < 1.29 is 9.90 Å². The Balaban J connectivity index is 2.16. The van der Waals surface area contributed by atoms with Crippen LogP contribution in [0.3, 0.4) is 0 Å². The second kappa shape index (κ2) is 5.72. The van der Waals surface area contributed by atoms with Crippen molar-refractivity contribution in [3.05, 3.63) is 83.9 Å². The Morgan fingerprint density at radius 1 is 0.909 bits per heavy atom. The first kappa shape index (κ1) is 14.4. The number of hydrogen-bond donors (Lipinski definition) is 2. The Morgan fingerprint density at radius 2 is 1.55 bits per heavy atom. The van der Waals surface area contributed by atoms with E-state index < -0.39 is 12.1 Å². The summed E-state index contributed by atoms with van der Waals surface area (Å²) in [4.78, 5) is 13.0. The molecule has 0 amide bonds. The van der Waals surface area contributed by atoms with Crippen LogP contribution >= 0.6 is 0 Å². The normalized spacial score (nSPS) is 13.7. The molecule has 3 N–H and O–H groups in total. The van der Waals surface area contributed by atoms with Crippen LogP contribution < -0.4 is 5.73 Å². The number of aliphatic hydroxyl groups excluding tert-OH is 1. The van der Waals surface area contributed by atoms with Gasteiger partial charge in [0.1, 0.15) is 5.54 Å². The topological polar surface area (TPSA) is 63.3 Å². The first-order valence-electron chi connectivity index (χ1n) is 7.14. The second-order valence-electron chi connectivity index (χ2n) is 5.35. The number of benzene rings is 3. The highest BCUT2D eigenvalue weighted by Crippen LogP contribution is 2.27. The lowest BCUT2D eigenvalue weighted by molar-refractivity contribution is 0.0808. The van der Waals surface area contributed by atoms with Crippen molar-refractivity contribution in [2.24, 2.45) is 5.73 Å². The lowest BCUT2D eigenvalue weighted by Crippen LogP contribution is -2.48. The van der Waals surface area contributed by atoms with Crippen molar-refractivity contribution in [2.75, 3.05) is 6.61 Å².